The average Bonchev–Trinajstić information content (AvgIpc) is 2.45. The lowest BCUT2D eigenvalue weighted by Gasteiger charge is -2.16. The molecule has 0 spiro atoms. The van der Waals surface area contributed by atoms with Crippen LogP contribution in [0.25, 0.3) is 10.9 Å². The molecule has 2 aromatic rings. The number of hydrogen-bond acceptors (Lipinski definition) is 5. The summed E-state index contributed by atoms with van der Waals surface area (Å²) >= 11 is 0. The summed E-state index contributed by atoms with van der Waals surface area (Å²) in [6, 6.07) is 3.73. The number of pyridine rings is 1. The predicted octanol–water partition coefficient (Wildman–Crippen LogP) is 2.41. The zero-order valence-corrected chi connectivity index (χ0v) is 11.7. The maximum Gasteiger partial charge on any atom is 0.148 e. The van der Waals surface area contributed by atoms with Crippen molar-refractivity contribution >= 4 is 16.6 Å². The Hall–Kier alpha value is -2.01. The SMILES string of the molecule is CCc1nc2c(OC)cc(OC)cc2c(NN)c1C. The van der Waals surface area contributed by atoms with Gasteiger partial charge in [-0.2, -0.15) is 0 Å². The van der Waals surface area contributed by atoms with Gasteiger partial charge in [0.1, 0.15) is 17.0 Å². The quantitative estimate of drug-likeness (QED) is 0.653. The van der Waals surface area contributed by atoms with Crippen molar-refractivity contribution in [1.29, 1.82) is 0 Å². The van der Waals surface area contributed by atoms with E-state index in [1.54, 1.807) is 14.2 Å². The first kappa shape index (κ1) is 13.4. The number of nitrogen functional groups attached to an aromatic ring is 1. The van der Waals surface area contributed by atoms with E-state index in [0.29, 0.717) is 11.5 Å². The van der Waals surface area contributed by atoms with Crippen LogP contribution in [0.3, 0.4) is 0 Å². The Bertz CT molecular complexity index is 611. The Morgan fingerprint density at radius 2 is 2.00 bits per heavy atom. The van der Waals surface area contributed by atoms with Crippen molar-refractivity contribution in [3.8, 4) is 11.5 Å². The van der Waals surface area contributed by atoms with E-state index in [2.05, 4.69) is 17.3 Å². The summed E-state index contributed by atoms with van der Waals surface area (Å²) in [5, 5.41) is 0.897. The molecule has 5 heteroatoms. The minimum atomic E-state index is 0.681. The molecule has 0 aliphatic rings. The molecule has 0 aliphatic carbocycles. The summed E-state index contributed by atoms with van der Waals surface area (Å²) in [7, 11) is 3.24. The number of aryl methyl sites for hydroxylation is 1. The monoisotopic (exact) mass is 261 g/mol. The van der Waals surface area contributed by atoms with Gasteiger partial charge in [-0.1, -0.05) is 6.92 Å². The molecular formula is C14H19N3O2. The average molecular weight is 261 g/mol. The molecule has 0 saturated heterocycles. The number of nitrogens with two attached hydrogens (primary N) is 1. The fraction of sp³-hybridized carbons (Fsp3) is 0.357. The zero-order chi connectivity index (χ0) is 14.0. The number of rotatable bonds is 4. The molecule has 0 unspecified atom stereocenters. The van der Waals surface area contributed by atoms with Crippen LogP contribution in [0.15, 0.2) is 12.1 Å². The molecule has 0 atom stereocenters. The van der Waals surface area contributed by atoms with Crippen LogP contribution < -0.4 is 20.7 Å². The van der Waals surface area contributed by atoms with Gasteiger partial charge in [0.25, 0.3) is 0 Å². The van der Waals surface area contributed by atoms with Crippen molar-refractivity contribution in [1.82, 2.24) is 4.98 Å². The lowest BCUT2D eigenvalue weighted by molar-refractivity contribution is 0.397. The van der Waals surface area contributed by atoms with E-state index < -0.39 is 0 Å². The Labute approximate surface area is 112 Å². The van der Waals surface area contributed by atoms with Crippen LogP contribution in [0.5, 0.6) is 11.5 Å². The smallest absolute Gasteiger partial charge is 0.148 e. The molecule has 0 bridgehead atoms. The van der Waals surface area contributed by atoms with Gasteiger partial charge >= 0.3 is 0 Å². The van der Waals surface area contributed by atoms with E-state index in [9.17, 15) is 0 Å². The second-order valence-corrected chi connectivity index (χ2v) is 4.28. The van der Waals surface area contributed by atoms with Crippen molar-refractivity contribution in [3.05, 3.63) is 23.4 Å². The summed E-state index contributed by atoms with van der Waals surface area (Å²) in [5.74, 6) is 7.06. The van der Waals surface area contributed by atoms with E-state index in [-0.39, 0.29) is 0 Å². The number of nitrogens with one attached hydrogen (secondary N) is 1. The van der Waals surface area contributed by atoms with Crippen LogP contribution in [-0.4, -0.2) is 19.2 Å². The van der Waals surface area contributed by atoms with Crippen LogP contribution in [0.4, 0.5) is 5.69 Å². The fourth-order valence-corrected chi connectivity index (χ4v) is 2.26. The standard InChI is InChI=1S/C14H19N3O2/c1-5-11-8(2)13(17-15)10-6-9(18-3)7-12(19-4)14(10)16-11/h6-7H,5,15H2,1-4H3,(H,16,17). The lowest BCUT2D eigenvalue weighted by atomic mass is 10.0. The summed E-state index contributed by atoms with van der Waals surface area (Å²) in [5.41, 5.74) is 6.47. The van der Waals surface area contributed by atoms with Gasteiger partial charge in [-0.05, 0) is 25.0 Å². The number of anilines is 1. The van der Waals surface area contributed by atoms with E-state index in [0.717, 1.165) is 34.3 Å². The molecule has 102 valence electrons. The molecule has 0 aliphatic heterocycles. The van der Waals surface area contributed by atoms with Crippen molar-refractivity contribution in [3.63, 3.8) is 0 Å². The third-order valence-corrected chi connectivity index (χ3v) is 3.31. The largest absolute Gasteiger partial charge is 0.497 e. The van der Waals surface area contributed by atoms with E-state index >= 15 is 0 Å². The third-order valence-electron chi connectivity index (χ3n) is 3.31. The second kappa shape index (κ2) is 5.32. The molecule has 1 aromatic carbocycles. The summed E-state index contributed by atoms with van der Waals surface area (Å²) in [6.45, 7) is 4.07. The van der Waals surface area contributed by atoms with Crippen molar-refractivity contribution in [2.45, 2.75) is 20.3 Å². The van der Waals surface area contributed by atoms with Gasteiger partial charge in [0.2, 0.25) is 0 Å². The number of fused-ring (bicyclic) bond motifs is 1. The van der Waals surface area contributed by atoms with Gasteiger partial charge in [-0.15, -0.1) is 0 Å². The number of methoxy groups -OCH3 is 2. The van der Waals surface area contributed by atoms with Crippen LogP contribution in [-0.2, 0) is 6.42 Å². The van der Waals surface area contributed by atoms with Crippen LogP contribution in [0.1, 0.15) is 18.2 Å². The normalized spacial score (nSPS) is 10.6. The zero-order valence-electron chi connectivity index (χ0n) is 11.7. The number of hydrogen-bond donors (Lipinski definition) is 2. The summed E-state index contributed by atoms with van der Waals surface area (Å²) in [6.07, 6.45) is 0.839. The molecule has 0 amide bonds. The molecule has 5 nitrogen and oxygen atoms in total. The second-order valence-electron chi connectivity index (χ2n) is 4.28. The summed E-state index contributed by atoms with van der Waals surface area (Å²) < 4.78 is 10.7. The van der Waals surface area contributed by atoms with E-state index in [4.69, 9.17) is 15.3 Å². The number of benzene rings is 1. The van der Waals surface area contributed by atoms with Gasteiger partial charge < -0.3 is 14.9 Å². The molecular weight excluding hydrogens is 242 g/mol. The Morgan fingerprint density at radius 3 is 2.53 bits per heavy atom. The van der Waals surface area contributed by atoms with Gasteiger partial charge in [0, 0.05) is 17.1 Å². The molecule has 19 heavy (non-hydrogen) atoms. The van der Waals surface area contributed by atoms with Crippen LogP contribution in [0, 0.1) is 6.92 Å². The number of nitrogens with zero attached hydrogens (tertiary/aromatic N) is 1. The third kappa shape index (κ3) is 2.17. The highest BCUT2D eigenvalue weighted by atomic mass is 16.5. The van der Waals surface area contributed by atoms with Crippen molar-refractivity contribution < 1.29 is 9.47 Å². The van der Waals surface area contributed by atoms with Crippen molar-refractivity contribution in [2.24, 2.45) is 5.84 Å². The first-order chi connectivity index (χ1) is 9.15. The van der Waals surface area contributed by atoms with E-state index in [1.807, 2.05) is 19.1 Å². The lowest BCUT2D eigenvalue weighted by Crippen LogP contribution is -2.11. The van der Waals surface area contributed by atoms with E-state index in [1.165, 1.54) is 0 Å². The Balaban J connectivity index is 2.89. The maximum absolute atomic E-state index is 5.66. The highest BCUT2D eigenvalue weighted by molar-refractivity contribution is 5.97. The van der Waals surface area contributed by atoms with Gasteiger partial charge in [0.15, 0.2) is 0 Å². The number of hydrazine groups is 1. The van der Waals surface area contributed by atoms with Crippen LogP contribution >= 0.6 is 0 Å². The summed E-state index contributed by atoms with van der Waals surface area (Å²) in [4.78, 5) is 4.67. The topological polar surface area (TPSA) is 69.4 Å². The predicted molar refractivity (Wildman–Crippen MR) is 76.8 cm³/mol. The molecule has 1 heterocycles. The van der Waals surface area contributed by atoms with Gasteiger partial charge in [-0.25, -0.2) is 4.98 Å². The fourth-order valence-electron chi connectivity index (χ4n) is 2.26. The van der Waals surface area contributed by atoms with Gasteiger partial charge in [0.05, 0.1) is 19.9 Å². The molecule has 3 N–H and O–H groups in total. The highest BCUT2D eigenvalue weighted by Crippen LogP contribution is 2.36. The van der Waals surface area contributed by atoms with Crippen LogP contribution in [0.2, 0.25) is 0 Å². The molecule has 1 aromatic heterocycles. The molecule has 0 radical (unpaired) electrons. The number of ether oxygens (including phenoxy) is 2. The highest BCUT2D eigenvalue weighted by Gasteiger charge is 2.15. The maximum atomic E-state index is 5.66. The Kier molecular flexibility index (Phi) is 3.76. The minimum Gasteiger partial charge on any atom is -0.497 e. The first-order valence-corrected chi connectivity index (χ1v) is 6.18. The minimum absolute atomic E-state index is 0.681. The van der Waals surface area contributed by atoms with Gasteiger partial charge in [-0.3, -0.25) is 5.84 Å². The molecule has 0 fully saturated rings. The Morgan fingerprint density at radius 1 is 1.26 bits per heavy atom. The van der Waals surface area contributed by atoms with Crippen molar-refractivity contribution in [2.75, 3.05) is 19.6 Å². The molecule has 2 rings (SSSR count). The molecule has 0 saturated carbocycles. The first-order valence-electron chi connectivity index (χ1n) is 6.18. The number of aromatic nitrogens is 1.